The first-order chi connectivity index (χ1) is 8.26. The summed E-state index contributed by atoms with van der Waals surface area (Å²) in [6, 6.07) is 6.29. The number of aromatic nitrogens is 1. The summed E-state index contributed by atoms with van der Waals surface area (Å²) in [5.74, 6) is 0.167. The number of methoxy groups -OCH3 is 1. The zero-order valence-electron chi connectivity index (χ0n) is 9.48. The lowest BCUT2D eigenvalue weighted by atomic mass is 10.0. The molecule has 0 radical (unpaired) electrons. The molecule has 88 valence electrons. The Balaban J connectivity index is 2.59. The van der Waals surface area contributed by atoms with E-state index in [0.717, 1.165) is 16.7 Å². The Kier molecular flexibility index (Phi) is 3.35. The Morgan fingerprint density at radius 1 is 1.29 bits per heavy atom. The van der Waals surface area contributed by atoms with Gasteiger partial charge in [0.25, 0.3) is 0 Å². The summed E-state index contributed by atoms with van der Waals surface area (Å²) in [4.78, 5) is 4.02. The molecule has 0 unspecified atom stereocenters. The average Bonchev–Trinajstić information content (AvgIpc) is 2.38. The second-order valence-electron chi connectivity index (χ2n) is 3.58. The molecule has 2 aromatic rings. The molecule has 1 aromatic carbocycles. The summed E-state index contributed by atoms with van der Waals surface area (Å²) in [5.41, 5.74) is 8.29. The Labute approximate surface area is 99.1 Å². The van der Waals surface area contributed by atoms with Gasteiger partial charge in [0.1, 0.15) is 11.6 Å². The Morgan fingerprint density at radius 3 is 2.82 bits per heavy atom. The fourth-order valence-corrected chi connectivity index (χ4v) is 1.74. The first-order valence-corrected chi connectivity index (χ1v) is 5.23. The van der Waals surface area contributed by atoms with Crippen LogP contribution in [0, 0.1) is 5.82 Å². The van der Waals surface area contributed by atoms with Crippen LogP contribution in [0.1, 0.15) is 5.56 Å². The van der Waals surface area contributed by atoms with Gasteiger partial charge in [0.15, 0.2) is 0 Å². The third-order valence-corrected chi connectivity index (χ3v) is 2.58. The number of pyridine rings is 1. The third-order valence-electron chi connectivity index (χ3n) is 2.58. The summed E-state index contributed by atoms with van der Waals surface area (Å²) in [7, 11) is 1.52. The molecule has 0 spiro atoms. The van der Waals surface area contributed by atoms with Gasteiger partial charge < -0.3 is 10.5 Å². The van der Waals surface area contributed by atoms with E-state index >= 15 is 0 Å². The van der Waals surface area contributed by atoms with Gasteiger partial charge >= 0.3 is 0 Å². The van der Waals surface area contributed by atoms with Crippen LogP contribution >= 0.6 is 0 Å². The van der Waals surface area contributed by atoms with Crippen LogP contribution in [0.15, 0.2) is 36.7 Å². The maximum Gasteiger partial charge on any atom is 0.129 e. The van der Waals surface area contributed by atoms with Crippen molar-refractivity contribution in [3.8, 4) is 16.9 Å². The summed E-state index contributed by atoms with van der Waals surface area (Å²) < 4.78 is 18.3. The summed E-state index contributed by atoms with van der Waals surface area (Å²) in [5, 5.41) is 0. The SMILES string of the molecule is COc1cc(F)ccc1-c1ccncc1CN. The topological polar surface area (TPSA) is 48.1 Å². The molecule has 2 rings (SSSR count). The molecule has 17 heavy (non-hydrogen) atoms. The van der Waals surface area contributed by atoms with Crippen LogP contribution < -0.4 is 10.5 Å². The molecule has 0 aliphatic heterocycles. The van der Waals surface area contributed by atoms with Crippen molar-refractivity contribution in [2.24, 2.45) is 5.73 Å². The van der Waals surface area contributed by atoms with Crippen molar-refractivity contribution in [2.45, 2.75) is 6.54 Å². The zero-order chi connectivity index (χ0) is 12.3. The smallest absolute Gasteiger partial charge is 0.129 e. The molecule has 0 aliphatic rings. The minimum atomic E-state index is -0.325. The minimum Gasteiger partial charge on any atom is -0.496 e. The maximum absolute atomic E-state index is 13.1. The highest BCUT2D eigenvalue weighted by Gasteiger charge is 2.10. The molecule has 3 nitrogen and oxygen atoms in total. The Morgan fingerprint density at radius 2 is 2.12 bits per heavy atom. The van der Waals surface area contributed by atoms with Crippen LogP contribution in [-0.2, 0) is 6.54 Å². The van der Waals surface area contributed by atoms with Gasteiger partial charge in [0, 0.05) is 30.6 Å². The number of halogens is 1. The highest BCUT2D eigenvalue weighted by Crippen LogP contribution is 2.32. The second kappa shape index (κ2) is 4.93. The standard InChI is InChI=1S/C13H13FN2O/c1-17-13-6-10(14)2-3-12(13)11-4-5-16-8-9(11)7-15/h2-6,8H,7,15H2,1H3. The normalized spacial score (nSPS) is 10.3. The van der Waals surface area contributed by atoms with E-state index in [-0.39, 0.29) is 5.82 Å². The molecule has 0 bridgehead atoms. The van der Waals surface area contributed by atoms with Crippen LogP contribution in [0.3, 0.4) is 0 Å². The first-order valence-electron chi connectivity index (χ1n) is 5.23. The van der Waals surface area contributed by atoms with Gasteiger partial charge in [0.2, 0.25) is 0 Å². The van der Waals surface area contributed by atoms with Crippen molar-refractivity contribution in [1.82, 2.24) is 4.98 Å². The molecular formula is C13H13FN2O. The lowest BCUT2D eigenvalue weighted by Gasteiger charge is -2.11. The number of nitrogens with zero attached hydrogens (tertiary/aromatic N) is 1. The minimum absolute atomic E-state index is 0.325. The van der Waals surface area contributed by atoms with Crippen molar-refractivity contribution in [2.75, 3.05) is 7.11 Å². The van der Waals surface area contributed by atoms with Gasteiger partial charge in [-0.2, -0.15) is 0 Å². The number of benzene rings is 1. The lowest BCUT2D eigenvalue weighted by Crippen LogP contribution is -2.00. The van der Waals surface area contributed by atoms with Crippen molar-refractivity contribution in [3.63, 3.8) is 0 Å². The molecule has 0 amide bonds. The van der Waals surface area contributed by atoms with Gasteiger partial charge in [0.05, 0.1) is 7.11 Å². The number of hydrogen-bond acceptors (Lipinski definition) is 3. The predicted molar refractivity (Wildman–Crippen MR) is 64.1 cm³/mol. The van der Waals surface area contributed by atoms with Gasteiger partial charge in [-0.25, -0.2) is 4.39 Å². The van der Waals surface area contributed by atoms with Gasteiger partial charge in [-0.05, 0) is 29.3 Å². The van der Waals surface area contributed by atoms with E-state index in [4.69, 9.17) is 10.5 Å². The van der Waals surface area contributed by atoms with E-state index in [1.807, 2.05) is 6.07 Å². The molecule has 0 saturated heterocycles. The molecule has 0 atom stereocenters. The molecule has 0 aliphatic carbocycles. The quantitative estimate of drug-likeness (QED) is 0.883. The monoisotopic (exact) mass is 232 g/mol. The lowest BCUT2D eigenvalue weighted by molar-refractivity contribution is 0.413. The fraction of sp³-hybridized carbons (Fsp3) is 0.154. The fourth-order valence-electron chi connectivity index (χ4n) is 1.74. The number of ether oxygens (including phenoxy) is 1. The number of hydrogen-bond donors (Lipinski definition) is 1. The van der Waals surface area contributed by atoms with E-state index in [0.29, 0.717) is 12.3 Å². The molecule has 1 aromatic heterocycles. The van der Waals surface area contributed by atoms with Crippen molar-refractivity contribution < 1.29 is 9.13 Å². The van der Waals surface area contributed by atoms with E-state index in [2.05, 4.69) is 4.98 Å². The maximum atomic E-state index is 13.1. The zero-order valence-corrected chi connectivity index (χ0v) is 9.48. The van der Waals surface area contributed by atoms with Crippen LogP contribution in [-0.4, -0.2) is 12.1 Å². The average molecular weight is 232 g/mol. The predicted octanol–water partition coefficient (Wildman–Crippen LogP) is 2.35. The van der Waals surface area contributed by atoms with Crippen LogP contribution in [0.4, 0.5) is 4.39 Å². The van der Waals surface area contributed by atoms with Crippen LogP contribution in [0.5, 0.6) is 5.75 Å². The van der Waals surface area contributed by atoms with Crippen LogP contribution in [0.2, 0.25) is 0 Å². The summed E-state index contributed by atoms with van der Waals surface area (Å²) in [6.45, 7) is 0.379. The largest absolute Gasteiger partial charge is 0.496 e. The van der Waals surface area contributed by atoms with Crippen molar-refractivity contribution in [1.29, 1.82) is 0 Å². The Bertz CT molecular complexity index is 529. The van der Waals surface area contributed by atoms with Gasteiger partial charge in [-0.3, -0.25) is 4.98 Å². The van der Waals surface area contributed by atoms with Crippen molar-refractivity contribution in [3.05, 3.63) is 48.0 Å². The highest BCUT2D eigenvalue weighted by atomic mass is 19.1. The molecule has 2 N–H and O–H groups in total. The van der Waals surface area contributed by atoms with E-state index in [1.165, 1.54) is 19.2 Å². The third kappa shape index (κ3) is 2.26. The molecule has 0 saturated carbocycles. The van der Waals surface area contributed by atoms with Gasteiger partial charge in [-0.15, -0.1) is 0 Å². The first kappa shape index (κ1) is 11.5. The summed E-state index contributed by atoms with van der Waals surface area (Å²) in [6.07, 6.45) is 3.38. The van der Waals surface area contributed by atoms with E-state index < -0.39 is 0 Å². The van der Waals surface area contributed by atoms with Crippen LogP contribution in [0.25, 0.3) is 11.1 Å². The summed E-state index contributed by atoms with van der Waals surface area (Å²) >= 11 is 0. The van der Waals surface area contributed by atoms with Gasteiger partial charge in [-0.1, -0.05) is 0 Å². The van der Waals surface area contributed by atoms with E-state index in [9.17, 15) is 4.39 Å². The molecular weight excluding hydrogens is 219 g/mol. The second-order valence-corrected chi connectivity index (χ2v) is 3.58. The van der Waals surface area contributed by atoms with Crippen molar-refractivity contribution >= 4 is 0 Å². The number of rotatable bonds is 3. The molecule has 4 heteroatoms. The molecule has 1 heterocycles. The molecule has 0 fully saturated rings. The highest BCUT2D eigenvalue weighted by molar-refractivity contribution is 5.72. The Hall–Kier alpha value is -1.94. The van der Waals surface area contributed by atoms with E-state index in [1.54, 1.807) is 18.5 Å². The number of nitrogens with two attached hydrogens (primary N) is 1.